The Bertz CT molecular complexity index is 656. The van der Waals surface area contributed by atoms with Crippen molar-refractivity contribution in [1.82, 2.24) is 4.37 Å². The molecule has 0 saturated heterocycles. The first-order valence-corrected chi connectivity index (χ1v) is 6.45. The quantitative estimate of drug-likeness (QED) is 0.933. The van der Waals surface area contributed by atoms with Crippen LogP contribution in [0.25, 0.3) is 0 Å². The van der Waals surface area contributed by atoms with Gasteiger partial charge in [-0.25, -0.2) is 0 Å². The number of rotatable bonds is 3. The van der Waals surface area contributed by atoms with Crippen LogP contribution in [0.5, 0.6) is 0 Å². The maximum Gasteiger partial charge on any atom is 0.416 e. The van der Waals surface area contributed by atoms with Gasteiger partial charge in [0.1, 0.15) is 16.6 Å². The minimum Gasteiger partial charge on any atom is -0.370 e. The number of hydrogen-bond acceptors (Lipinski definition) is 4. The molecule has 0 saturated carbocycles. The van der Waals surface area contributed by atoms with E-state index in [1.807, 2.05) is 6.07 Å². The van der Waals surface area contributed by atoms with Crippen molar-refractivity contribution in [2.75, 3.05) is 5.32 Å². The Labute approximate surface area is 117 Å². The van der Waals surface area contributed by atoms with Gasteiger partial charge in [0, 0.05) is 6.54 Å². The van der Waals surface area contributed by atoms with Crippen molar-refractivity contribution in [2.24, 2.45) is 0 Å². The molecule has 7 heteroatoms. The molecule has 0 atom stereocenters. The lowest BCUT2D eigenvalue weighted by molar-refractivity contribution is -0.137. The van der Waals surface area contributed by atoms with E-state index in [4.69, 9.17) is 5.26 Å². The van der Waals surface area contributed by atoms with Gasteiger partial charge in [-0.1, -0.05) is 12.1 Å². The number of halogens is 3. The van der Waals surface area contributed by atoms with E-state index >= 15 is 0 Å². The summed E-state index contributed by atoms with van der Waals surface area (Å²) in [4.78, 5) is 0. The molecule has 0 aliphatic carbocycles. The molecule has 0 fully saturated rings. The Morgan fingerprint density at radius 2 is 2.15 bits per heavy atom. The Morgan fingerprint density at radius 3 is 2.80 bits per heavy atom. The van der Waals surface area contributed by atoms with Crippen LogP contribution in [-0.4, -0.2) is 4.37 Å². The predicted molar refractivity (Wildman–Crippen MR) is 70.3 cm³/mol. The van der Waals surface area contributed by atoms with E-state index in [0.29, 0.717) is 21.8 Å². The first kappa shape index (κ1) is 14.3. The summed E-state index contributed by atoms with van der Waals surface area (Å²) in [5.74, 6) is 0. The second kappa shape index (κ2) is 5.51. The molecule has 20 heavy (non-hydrogen) atoms. The molecule has 0 aliphatic rings. The second-order valence-corrected chi connectivity index (χ2v) is 4.91. The van der Waals surface area contributed by atoms with Crippen molar-refractivity contribution in [2.45, 2.75) is 19.6 Å². The summed E-state index contributed by atoms with van der Waals surface area (Å²) in [5.41, 5.74) is 0.860. The van der Waals surface area contributed by atoms with E-state index in [9.17, 15) is 13.2 Å². The predicted octanol–water partition coefficient (Wildman–Crippen LogP) is 3.95. The summed E-state index contributed by atoms with van der Waals surface area (Å²) >= 11 is 1.12. The average molecular weight is 297 g/mol. The van der Waals surface area contributed by atoms with Gasteiger partial charge in [-0.15, -0.1) is 0 Å². The van der Waals surface area contributed by atoms with Crippen LogP contribution in [0.1, 0.15) is 22.4 Å². The standard InChI is InChI=1S/C13H10F3N3S/c1-8-11(6-17)12(20-19-8)18-7-9-3-2-4-10(5-9)13(14,15)16/h2-5,18H,7H2,1H3. The second-order valence-electron chi connectivity index (χ2n) is 4.14. The van der Waals surface area contributed by atoms with Crippen molar-refractivity contribution in [1.29, 1.82) is 5.26 Å². The fourth-order valence-corrected chi connectivity index (χ4v) is 2.40. The van der Waals surface area contributed by atoms with Crippen LogP contribution in [0.3, 0.4) is 0 Å². The molecule has 104 valence electrons. The zero-order valence-electron chi connectivity index (χ0n) is 10.5. The van der Waals surface area contributed by atoms with Crippen LogP contribution in [0, 0.1) is 18.3 Å². The Balaban J connectivity index is 2.14. The molecular formula is C13H10F3N3S. The van der Waals surface area contributed by atoms with Gasteiger partial charge in [0.2, 0.25) is 0 Å². The number of benzene rings is 1. The molecule has 2 rings (SSSR count). The van der Waals surface area contributed by atoms with Gasteiger partial charge < -0.3 is 5.32 Å². The zero-order chi connectivity index (χ0) is 14.8. The fraction of sp³-hybridized carbons (Fsp3) is 0.231. The number of aromatic nitrogens is 1. The third-order valence-electron chi connectivity index (χ3n) is 2.68. The number of alkyl halides is 3. The molecule has 1 aromatic carbocycles. The van der Waals surface area contributed by atoms with Crippen LogP contribution in [0.15, 0.2) is 24.3 Å². The number of nitrogens with zero attached hydrogens (tertiary/aromatic N) is 2. The number of nitriles is 1. The number of hydrogen-bond donors (Lipinski definition) is 1. The third kappa shape index (κ3) is 3.08. The Hall–Kier alpha value is -2.07. The van der Waals surface area contributed by atoms with E-state index in [0.717, 1.165) is 23.7 Å². The van der Waals surface area contributed by atoms with Gasteiger partial charge in [0.15, 0.2) is 0 Å². The lowest BCUT2D eigenvalue weighted by Crippen LogP contribution is -2.06. The minimum absolute atomic E-state index is 0.209. The van der Waals surface area contributed by atoms with E-state index in [2.05, 4.69) is 9.69 Å². The van der Waals surface area contributed by atoms with Gasteiger partial charge in [0.05, 0.1) is 11.3 Å². The van der Waals surface area contributed by atoms with Crippen molar-refractivity contribution in [3.8, 4) is 6.07 Å². The van der Waals surface area contributed by atoms with E-state index < -0.39 is 11.7 Å². The molecule has 1 heterocycles. The monoisotopic (exact) mass is 297 g/mol. The van der Waals surface area contributed by atoms with Gasteiger partial charge in [0.25, 0.3) is 0 Å². The SMILES string of the molecule is Cc1nsc(NCc2cccc(C(F)(F)F)c2)c1C#N. The maximum atomic E-state index is 12.6. The first-order valence-electron chi connectivity index (χ1n) is 5.68. The number of anilines is 1. The highest BCUT2D eigenvalue weighted by Gasteiger charge is 2.30. The van der Waals surface area contributed by atoms with E-state index in [-0.39, 0.29) is 6.54 Å². The summed E-state index contributed by atoms with van der Waals surface area (Å²) in [6.07, 6.45) is -4.35. The Morgan fingerprint density at radius 1 is 1.40 bits per heavy atom. The molecule has 2 aromatic rings. The summed E-state index contributed by atoms with van der Waals surface area (Å²) < 4.78 is 41.8. The summed E-state index contributed by atoms with van der Waals surface area (Å²) in [6, 6.07) is 7.10. The summed E-state index contributed by atoms with van der Waals surface area (Å²) in [7, 11) is 0. The molecule has 1 aromatic heterocycles. The number of nitrogens with one attached hydrogen (secondary N) is 1. The highest BCUT2D eigenvalue weighted by Crippen LogP contribution is 2.30. The lowest BCUT2D eigenvalue weighted by atomic mass is 10.1. The normalized spacial score (nSPS) is 11.2. The highest BCUT2D eigenvalue weighted by molar-refractivity contribution is 7.10. The summed E-state index contributed by atoms with van der Waals surface area (Å²) in [5, 5.41) is 12.5. The van der Waals surface area contributed by atoms with Crippen molar-refractivity contribution in [3.05, 3.63) is 46.6 Å². The molecule has 0 amide bonds. The van der Waals surface area contributed by atoms with Crippen LogP contribution in [0.4, 0.5) is 18.2 Å². The van der Waals surface area contributed by atoms with Crippen molar-refractivity contribution in [3.63, 3.8) is 0 Å². The molecule has 0 radical (unpaired) electrons. The Kier molecular flexibility index (Phi) is 3.95. The largest absolute Gasteiger partial charge is 0.416 e. The average Bonchev–Trinajstić information content (AvgIpc) is 2.76. The molecule has 1 N–H and O–H groups in total. The number of aryl methyl sites for hydroxylation is 1. The third-order valence-corrected chi connectivity index (χ3v) is 3.58. The fourth-order valence-electron chi connectivity index (χ4n) is 1.66. The van der Waals surface area contributed by atoms with Crippen molar-refractivity contribution < 1.29 is 13.2 Å². The molecule has 0 bridgehead atoms. The van der Waals surface area contributed by atoms with Gasteiger partial charge in [-0.2, -0.15) is 22.8 Å². The van der Waals surface area contributed by atoms with Crippen LogP contribution < -0.4 is 5.32 Å². The topological polar surface area (TPSA) is 48.7 Å². The molecular weight excluding hydrogens is 287 g/mol. The zero-order valence-corrected chi connectivity index (χ0v) is 11.3. The summed E-state index contributed by atoms with van der Waals surface area (Å²) in [6.45, 7) is 1.92. The first-order chi connectivity index (χ1) is 9.41. The van der Waals surface area contributed by atoms with Gasteiger partial charge >= 0.3 is 6.18 Å². The lowest BCUT2D eigenvalue weighted by Gasteiger charge is -2.09. The molecule has 0 unspecified atom stereocenters. The molecule has 0 aliphatic heterocycles. The van der Waals surface area contributed by atoms with Gasteiger partial charge in [-0.05, 0) is 36.2 Å². The highest BCUT2D eigenvalue weighted by atomic mass is 32.1. The van der Waals surface area contributed by atoms with Crippen LogP contribution in [0.2, 0.25) is 0 Å². The van der Waals surface area contributed by atoms with Crippen LogP contribution in [-0.2, 0) is 12.7 Å². The molecule has 0 spiro atoms. The van der Waals surface area contributed by atoms with Gasteiger partial charge in [-0.3, -0.25) is 0 Å². The molecule has 3 nitrogen and oxygen atoms in total. The van der Waals surface area contributed by atoms with E-state index in [1.54, 1.807) is 13.0 Å². The van der Waals surface area contributed by atoms with E-state index in [1.165, 1.54) is 6.07 Å². The van der Waals surface area contributed by atoms with Crippen LogP contribution >= 0.6 is 11.5 Å². The smallest absolute Gasteiger partial charge is 0.370 e. The maximum absolute atomic E-state index is 12.6. The minimum atomic E-state index is -4.35. The van der Waals surface area contributed by atoms with Crippen molar-refractivity contribution >= 4 is 16.5 Å².